The van der Waals surface area contributed by atoms with Gasteiger partial charge in [-0.15, -0.1) is 5.11 Å². The van der Waals surface area contributed by atoms with Crippen LogP contribution in [0.1, 0.15) is 43.6 Å². The maximum absolute atomic E-state index is 12.1. The molecule has 0 fully saturated rings. The minimum Gasteiger partial charge on any atom is -0.506 e. The molecule has 6 heteroatoms. The minimum absolute atomic E-state index is 0.0966. The highest BCUT2D eigenvalue weighted by Crippen LogP contribution is 2.29. The van der Waals surface area contributed by atoms with E-state index in [1.54, 1.807) is 36.4 Å². The van der Waals surface area contributed by atoms with Gasteiger partial charge in [-0.05, 0) is 54.9 Å². The van der Waals surface area contributed by atoms with Crippen molar-refractivity contribution in [3.8, 4) is 17.6 Å². The Hall–Kier alpha value is -3.17. The zero-order valence-corrected chi connectivity index (χ0v) is 18.1. The number of hydrogen-bond donors (Lipinski definition) is 3. The molecule has 158 valence electrons. The highest BCUT2D eigenvalue weighted by Gasteiger charge is 2.05. The van der Waals surface area contributed by atoms with Crippen molar-refractivity contribution >= 4 is 17.3 Å². The molecule has 0 aromatic heterocycles. The Balaban J connectivity index is 1.93. The zero-order valence-electron chi connectivity index (χ0n) is 18.1. The lowest BCUT2D eigenvalue weighted by atomic mass is 10.1. The smallest absolute Gasteiger partial charge is 0.252 e. The number of carbonyl (C=O) groups excluding carboxylic acids is 1. The number of phenols is 1. The summed E-state index contributed by atoms with van der Waals surface area (Å²) in [5.74, 6) is 6.11. The van der Waals surface area contributed by atoms with E-state index in [2.05, 4.69) is 46.6 Å². The first-order chi connectivity index (χ1) is 14.3. The predicted molar refractivity (Wildman–Crippen MR) is 121 cm³/mol. The van der Waals surface area contributed by atoms with E-state index in [9.17, 15) is 9.90 Å². The molecule has 1 amide bonds. The summed E-state index contributed by atoms with van der Waals surface area (Å²) in [6.45, 7) is 9.37. The van der Waals surface area contributed by atoms with Gasteiger partial charge < -0.3 is 15.7 Å². The third-order valence-electron chi connectivity index (χ3n) is 4.14. The summed E-state index contributed by atoms with van der Waals surface area (Å²) in [5.41, 5.74) is 2.56. The molecule has 0 spiro atoms. The number of nitrogens with zero attached hydrogens (tertiary/aromatic N) is 2. The van der Waals surface area contributed by atoms with Crippen LogP contribution in [0.15, 0.2) is 52.7 Å². The largest absolute Gasteiger partial charge is 0.506 e. The molecule has 0 radical (unpaired) electrons. The fourth-order valence-electron chi connectivity index (χ4n) is 2.59. The lowest BCUT2D eigenvalue weighted by Crippen LogP contribution is -2.24. The summed E-state index contributed by atoms with van der Waals surface area (Å²) in [5, 5.41) is 24.6. The molecule has 0 bridgehead atoms. The summed E-state index contributed by atoms with van der Waals surface area (Å²) in [6.07, 6.45) is 0.829. The van der Waals surface area contributed by atoms with Gasteiger partial charge in [-0.25, -0.2) is 0 Å². The van der Waals surface area contributed by atoms with E-state index >= 15 is 0 Å². The van der Waals surface area contributed by atoms with Crippen molar-refractivity contribution in [2.24, 2.45) is 16.1 Å². The van der Waals surface area contributed by atoms with Crippen LogP contribution in [0.2, 0.25) is 0 Å². The fourth-order valence-corrected chi connectivity index (χ4v) is 2.59. The summed E-state index contributed by atoms with van der Waals surface area (Å²) in [7, 11) is 0. The van der Waals surface area contributed by atoms with Crippen molar-refractivity contribution in [2.45, 2.75) is 40.2 Å². The summed E-state index contributed by atoms with van der Waals surface area (Å²) in [4.78, 5) is 12.1. The Labute approximate surface area is 178 Å². The lowest BCUT2D eigenvalue weighted by Gasteiger charge is -2.08. The van der Waals surface area contributed by atoms with E-state index in [4.69, 9.17) is 0 Å². The number of nitrogens with one attached hydrogen (secondary N) is 2. The molecular formula is C24H30N4O2. The molecule has 2 aromatic carbocycles. The Morgan fingerprint density at radius 3 is 2.43 bits per heavy atom. The summed E-state index contributed by atoms with van der Waals surface area (Å²) in [6, 6.07) is 12.6. The van der Waals surface area contributed by atoms with Crippen molar-refractivity contribution < 1.29 is 9.90 Å². The molecule has 3 N–H and O–H groups in total. The predicted octanol–water partition coefficient (Wildman–Crippen LogP) is 4.74. The quantitative estimate of drug-likeness (QED) is 0.437. The van der Waals surface area contributed by atoms with Crippen molar-refractivity contribution in [3.63, 3.8) is 0 Å². The number of phenolic OH excluding ortho intramolecular Hbond substituents is 1. The number of benzene rings is 2. The average molecular weight is 407 g/mol. The molecule has 0 atom stereocenters. The van der Waals surface area contributed by atoms with Crippen molar-refractivity contribution in [1.29, 1.82) is 0 Å². The van der Waals surface area contributed by atoms with Crippen LogP contribution in [-0.2, 0) is 6.42 Å². The molecule has 0 aliphatic heterocycles. The van der Waals surface area contributed by atoms with Crippen LogP contribution in [-0.4, -0.2) is 30.1 Å². The minimum atomic E-state index is -0.184. The second kappa shape index (κ2) is 11.7. The Morgan fingerprint density at radius 1 is 1.07 bits per heavy atom. The maximum atomic E-state index is 12.1. The molecule has 30 heavy (non-hydrogen) atoms. The van der Waals surface area contributed by atoms with Crippen molar-refractivity contribution in [1.82, 2.24) is 10.6 Å². The van der Waals surface area contributed by atoms with Gasteiger partial charge in [0.25, 0.3) is 5.91 Å². The number of azo groups is 1. The number of amides is 1. The molecular weight excluding hydrogens is 376 g/mol. The van der Waals surface area contributed by atoms with Gasteiger partial charge in [-0.2, -0.15) is 5.11 Å². The van der Waals surface area contributed by atoms with Crippen LogP contribution in [0, 0.1) is 17.8 Å². The Morgan fingerprint density at radius 2 is 1.80 bits per heavy atom. The standard InChI is InChI=1S/C24H30N4O2/c1-17(2)6-5-14-26-24(30)20-8-10-21(11-9-20)27-28-22-12-7-19(16-23(22)29)13-15-25-18(3)4/h7-12,16-18,25,29H,13-15H2,1-4H3,(H,26,30)/b28-27+. The van der Waals surface area contributed by atoms with E-state index < -0.39 is 0 Å². The molecule has 2 rings (SSSR count). The molecule has 0 saturated carbocycles. The van der Waals surface area contributed by atoms with Crippen LogP contribution in [0.5, 0.6) is 5.75 Å². The highest BCUT2D eigenvalue weighted by molar-refractivity contribution is 5.94. The number of rotatable bonds is 8. The first kappa shape index (κ1) is 23.1. The summed E-state index contributed by atoms with van der Waals surface area (Å²) < 4.78 is 0. The van der Waals surface area contributed by atoms with E-state index in [-0.39, 0.29) is 17.6 Å². The first-order valence-corrected chi connectivity index (χ1v) is 10.2. The average Bonchev–Trinajstić information content (AvgIpc) is 2.70. The number of aromatic hydroxyl groups is 1. The fraction of sp³-hybridized carbons (Fsp3) is 0.375. The maximum Gasteiger partial charge on any atom is 0.252 e. The van der Waals surface area contributed by atoms with Crippen LogP contribution >= 0.6 is 0 Å². The van der Waals surface area contributed by atoms with Crippen LogP contribution in [0.25, 0.3) is 0 Å². The lowest BCUT2D eigenvalue weighted by molar-refractivity contribution is 0.0958. The third kappa shape index (κ3) is 8.06. The third-order valence-corrected chi connectivity index (χ3v) is 4.14. The Bertz CT molecular complexity index is 922. The molecule has 0 saturated heterocycles. The topological polar surface area (TPSA) is 86.1 Å². The van der Waals surface area contributed by atoms with Gasteiger partial charge >= 0.3 is 0 Å². The molecule has 0 aliphatic rings. The van der Waals surface area contributed by atoms with Gasteiger partial charge in [0, 0.05) is 17.5 Å². The molecule has 0 aliphatic carbocycles. The van der Waals surface area contributed by atoms with Crippen molar-refractivity contribution in [3.05, 3.63) is 53.6 Å². The van der Waals surface area contributed by atoms with E-state index in [0.29, 0.717) is 29.5 Å². The zero-order chi connectivity index (χ0) is 21.9. The number of carbonyl (C=O) groups is 1. The molecule has 0 heterocycles. The number of hydrogen-bond acceptors (Lipinski definition) is 5. The van der Waals surface area contributed by atoms with Gasteiger partial charge in [-0.3, -0.25) is 4.79 Å². The SMILES string of the molecule is CC(C)C#CCNC(=O)c1ccc(/N=N/c2ccc(CCNC(C)C)cc2O)cc1. The van der Waals surface area contributed by atoms with Crippen molar-refractivity contribution in [2.75, 3.05) is 13.1 Å². The van der Waals surface area contributed by atoms with Crippen LogP contribution < -0.4 is 10.6 Å². The van der Waals surface area contributed by atoms with E-state index in [1.165, 1.54) is 0 Å². The van der Waals surface area contributed by atoms with Gasteiger partial charge in [0.05, 0.1) is 12.2 Å². The van der Waals surface area contributed by atoms with Gasteiger partial charge in [-0.1, -0.05) is 45.6 Å². The van der Waals surface area contributed by atoms with Crippen LogP contribution in [0.4, 0.5) is 11.4 Å². The second-order valence-corrected chi connectivity index (χ2v) is 7.59. The Kier molecular flexibility index (Phi) is 9.04. The molecule has 2 aromatic rings. The van der Waals surface area contributed by atoms with Gasteiger partial charge in [0.15, 0.2) is 0 Å². The monoisotopic (exact) mass is 406 g/mol. The molecule has 6 nitrogen and oxygen atoms in total. The molecule has 0 unspecified atom stereocenters. The summed E-state index contributed by atoms with van der Waals surface area (Å²) >= 11 is 0. The van der Waals surface area contributed by atoms with E-state index in [0.717, 1.165) is 18.5 Å². The van der Waals surface area contributed by atoms with Crippen LogP contribution in [0.3, 0.4) is 0 Å². The van der Waals surface area contributed by atoms with E-state index in [1.807, 2.05) is 19.9 Å². The van der Waals surface area contributed by atoms with Gasteiger partial charge in [0.2, 0.25) is 0 Å². The second-order valence-electron chi connectivity index (χ2n) is 7.59. The normalized spacial score (nSPS) is 11.0. The first-order valence-electron chi connectivity index (χ1n) is 10.2. The van der Waals surface area contributed by atoms with Gasteiger partial charge in [0.1, 0.15) is 11.4 Å². The highest BCUT2D eigenvalue weighted by atomic mass is 16.3.